The van der Waals surface area contributed by atoms with Crippen LogP contribution < -0.4 is 5.32 Å². The molecule has 5 heteroatoms. The number of nitrogens with one attached hydrogen (secondary N) is 1. The predicted molar refractivity (Wildman–Crippen MR) is 74.4 cm³/mol. The highest BCUT2D eigenvalue weighted by molar-refractivity contribution is 7.99. The Bertz CT molecular complexity index is 350. The molecule has 1 aromatic heterocycles. The van der Waals surface area contributed by atoms with E-state index in [1.807, 2.05) is 11.8 Å². The van der Waals surface area contributed by atoms with Gasteiger partial charge in [0.05, 0.1) is 12.3 Å². The molecule has 0 saturated heterocycles. The zero-order valence-corrected chi connectivity index (χ0v) is 12.1. The van der Waals surface area contributed by atoms with Gasteiger partial charge in [0, 0.05) is 11.3 Å². The van der Waals surface area contributed by atoms with E-state index in [2.05, 4.69) is 29.3 Å². The number of hydrogen-bond donors (Lipinski definition) is 1. The zero-order chi connectivity index (χ0) is 12.8. The minimum atomic E-state index is 0.648. The Morgan fingerprint density at radius 1 is 1.44 bits per heavy atom. The van der Waals surface area contributed by atoms with Gasteiger partial charge >= 0.3 is 0 Å². The van der Waals surface area contributed by atoms with Crippen LogP contribution in [0.25, 0.3) is 0 Å². The number of nitrogens with zero attached hydrogens (tertiary/aromatic N) is 2. The standard InChI is InChI=1S/C13H23N3OS/c1-3-10(2)18-9-12-15-13(17-16-12)8-14-11-6-4-5-7-11/h10-11,14H,3-9H2,1-2H3. The van der Waals surface area contributed by atoms with E-state index in [1.54, 1.807) is 0 Å². The van der Waals surface area contributed by atoms with Crippen molar-refractivity contribution in [2.24, 2.45) is 0 Å². The largest absolute Gasteiger partial charge is 0.338 e. The lowest BCUT2D eigenvalue weighted by Gasteiger charge is -2.08. The second-order valence-corrected chi connectivity index (χ2v) is 6.42. The van der Waals surface area contributed by atoms with Crippen LogP contribution in [0.5, 0.6) is 0 Å². The number of hydrogen-bond acceptors (Lipinski definition) is 5. The van der Waals surface area contributed by atoms with E-state index >= 15 is 0 Å². The second-order valence-electron chi connectivity index (χ2n) is 5.00. The predicted octanol–water partition coefficient (Wildman–Crippen LogP) is 3.13. The van der Waals surface area contributed by atoms with Gasteiger partial charge in [-0.2, -0.15) is 16.7 Å². The molecule has 18 heavy (non-hydrogen) atoms. The Labute approximate surface area is 113 Å². The van der Waals surface area contributed by atoms with Gasteiger partial charge < -0.3 is 9.84 Å². The fraction of sp³-hybridized carbons (Fsp3) is 0.846. The van der Waals surface area contributed by atoms with Crippen molar-refractivity contribution >= 4 is 11.8 Å². The van der Waals surface area contributed by atoms with E-state index in [0.717, 1.165) is 17.5 Å². The zero-order valence-electron chi connectivity index (χ0n) is 11.3. The summed E-state index contributed by atoms with van der Waals surface area (Å²) in [4.78, 5) is 4.42. The van der Waals surface area contributed by atoms with E-state index in [9.17, 15) is 0 Å². The first-order valence-corrected chi connectivity index (χ1v) is 7.99. The summed E-state index contributed by atoms with van der Waals surface area (Å²) in [5, 5.41) is 8.16. The van der Waals surface area contributed by atoms with Crippen molar-refractivity contribution in [2.45, 2.75) is 69.5 Å². The van der Waals surface area contributed by atoms with E-state index in [-0.39, 0.29) is 0 Å². The van der Waals surface area contributed by atoms with Crippen molar-refractivity contribution in [1.29, 1.82) is 0 Å². The van der Waals surface area contributed by atoms with Gasteiger partial charge in [0.25, 0.3) is 0 Å². The summed E-state index contributed by atoms with van der Waals surface area (Å²) in [5.74, 6) is 2.40. The Kier molecular flexibility index (Phi) is 5.50. The quantitative estimate of drug-likeness (QED) is 0.824. The molecule has 0 amide bonds. The fourth-order valence-electron chi connectivity index (χ4n) is 2.12. The average molecular weight is 269 g/mol. The molecule has 1 atom stereocenters. The summed E-state index contributed by atoms with van der Waals surface area (Å²) in [6.07, 6.45) is 6.44. The Morgan fingerprint density at radius 2 is 2.22 bits per heavy atom. The minimum absolute atomic E-state index is 0.648. The van der Waals surface area contributed by atoms with Crippen LogP contribution in [-0.4, -0.2) is 21.4 Å². The Morgan fingerprint density at radius 3 is 2.94 bits per heavy atom. The first-order valence-electron chi connectivity index (χ1n) is 6.94. The van der Waals surface area contributed by atoms with Gasteiger partial charge in [-0.05, 0) is 19.3 Å². The van der Waals surface area contributed by atoms with Gasteiger partial charge in [-0.1, -0.05) is 31.8 Å². The second kappa shape index (κ2) is 7.14. The lowest BCUT2D eigenvalue weighted by molar-refractivity contribution is 0.354. The molecule has 1 saturated carbocycles. The fourth-order valence-corrected chi connectivity index (χ4v) is 2.90. The number of rotatable bonds is 7. The molecule has 102 valence electrons. The van der Waals surface area contributed by atoms with Gasteiger partial charge in [-0.15, -0.1) is 0 Å². The topological polar surface area (TPSA) is 51.0 Å². The maximum atomic E-state index is 5.25. The molecule has 1 aliphatic carbocycles. The summed E-state index contributed by atoms with van der Waals surface area (Å²) in [6.45, 7) is 5.14. The molecule has 0 aromatic carbocycles. The maximum absolute atomic E-state index is 5.25. The van der Waals surface area contributed by atoms with Gasteiger partial charge in [0.15, 0.2) is 5.82 Å². The molecule has 1 unspecified atom stereocenters. The molecular weight excluding hydrogens is 246 g/mol. The molecule has 1 aliphatic rings. The van der Waals surface area contributed by atoms with Crippen LogP contribution in [0, 0.1) is 0 Å². The summed E-state index contributed by atoms with van der Waals surface area (Å²) in [7, 11) is 0. The molecule has 1 heterocycles. The van der Waals surface area contributed by atoms with Crippen LogP contribution in [0.2, 0.25) is 0 Å². The molecule has 0 aliphatic heterocycles. The summed E-state index contributed by atoms with van der Waals surface area (Å²) in [6, 6.07) is 0.648. The van der Waals surface area contributed by atoms with Crippen LogP contribution in [0.1, 0.15) is 57.7 Å². The SMILES string of the molecule is CCC(C)SCc1noc(CNC2CCCC2)n1. The van der Waals surface area contributed by atoms with Crippen LogP contribution in [0.3, 0.4) is 0 Å². The Balaban J connectivity index is 1.71. The van der Waals surface area contributed by atoms with Crippen LogP contribution in [0.15, 0.2) is 4.52 Å². The van der Waals surface area contributed by atoms with Crippen molar-refractivity contribution in [1.82, 2.24) is 15.5 Å². The highest BCUT2D eigenvalue weighted by atomic mass is 32.2. The third-order valence-electron chi connectivity index (χ3n) is 3.48. The highest BCUT2D eigenvalue weighted by Gasteiger charge is 2.15. The van der Waals surface area contributed by atoms with Crippen molar-refractivity contribution in [3.05, 3.63) is 11.7 Å². The highest BCUT2D eigenvalue weighted by Crippen LogP contribution is 2.19. The molecule has 1 aromatic rings. The van der Waals surface area contributed by atoms with Gasteiger partial charge in [-0.3, -0.25) is 0 Å². The van der Waals surface area contributed by atoms with E-state index < -0.39 is 0 Å². The molecule has 0 spiro atoms. The average Bonchev–Trinajstić information content (AvgIpc) is 3.04. The van der Waals surface area contributed by atoms with E-state index in [0.29, 0.717) is 17.8 Å². The molecule has 1 N–H and O–H groups in total. The number of thioether (sulfide) groups is 1. The van der Waals surface area contributed by atoms with Crippen LogP contribution >= 0.6 is 11.8 Å². The van der Waals surface area contributed by atoms with E-state index in [1.165, 1.54) is 32.1 Å². The number of aromatic nitrogens is 2. The molecule has 0 radical (unpaired) electrons. The lowest BCUT2D eigenvalue weighted by Crippen LogP contribution is -2.25. The van der Waals surface area contributed by atoms with Crippen molar-refractivity contribution in [2.75, 3.05) is 0 Å². The molecule has 2 rings (SSSR count). The van der Waals surface area contributed by atoms with Crippen molar-refractivity contribution < 1.29 is 4.52 Å². The van der Waals surface area contributed by atoms with Crippen LogP contribution in [-0.2, 0) is 12.3 Å². The maximum Gasteiger partial charge on any atom is 0.240 e. The molecule has 1 fully saturated rings. The summed E-state index contributed by atoms with van der Waals surface area (Å²) >= 11 is 1.88. The minimum Gasteiger partial charge on any atom is -0.338 e. The van der Waals surface area contributed by atoms with Crippen molar-refractivity contribution in [3.63, 3.8) is 0 Å². The lowest BCUT2D eigenvalue weighted by atomic mass is 10.2. The molecular formula is C13H23N3OS. The molecule has 0 bridgehead atoms. The third-order valence-corrected chi connectivity index (χ3v) is 4.81. The molecule has 4 nitrogen and oxygen atoms in total. The normalized spacial score (nSPS) is 18.3. The van der Waals surface area contributed by atoms with Gasteiger partial charge in [0.2, 0.25) is 5.89 Å². The van der Waals surface area contributed by atoms with Crippen LogP contribution in [0.4, 0.5) is 0 Å². The first-order chi connectivity index (χ1) is 8.78. The van der Waals surface area contributed by atoms with Gasteiger partial charge in [0.1, 0.15) is 0 Å². The summed E-state index contributed by atoms with van der Waals surface area (Å²) < 4.78 is 5.25. The Hall–Kier alpha value is -0.550. The van der Waals surface area contributed by atoms with E-state index in [4.69, 9.17) is 4.52 Å². The smallest absolute Gasteiger partial charge is 0.240 e. The van der Waals surface area contributed by atoms with Gasteiger partial charge in [-0.25, -0.2) is 0 Å². The third kappa shape index (κ3) is 4.28. The summed E-state index contributed by atoms with van der Waals surface area (Å²) in [5.41, 5.74) is 0. The van der Waals surface area contributed by atoms with Crippen molar-refractivity contribution in [3.8, 4) is 0 Å². The monoisotopic (exact) mass is 269 g/mol. The first kappa shape index (κ1) is 13.9.